The van der Waals surface area contributed by atoms with E-state index in [0.717, 1.165) is 18.1 Å². The Morgan fingerprint density at radius 2 is 1.79 bits per heavy atom. The van der Waals surface area contributed by atoms with E-state index in [-0.39, 0.29) is 18.9 Å². The number of nitrogens with one attached hydrogen (secondary N) is 1. The molecule has 2 aromatic rings. The van der Waals surface area contributed by atoms with E-state index in [2.05, 4.69) is 5.32 Å². The molecule has 1 aromatic heterocycles. The van der Waals surface area contributed by atoms with Gasteiger partial charge < -0.3 is 19.8 Å². The van der Waals surface area contributed by atoms with E-state index in [4.69, 9.17) is 14.1 Å². The molecule has 0 bridgehead atoms. The molecule has 0 radical (unpaired) electrons. The first-order valence-corrected chi connectivity index (χ1v) is 14.1. The zero-order chi connectivity index (χ0) is 28.8. The Bertz CT molecular complexity index is 1190. The molecule has 1 unspecified atom stereocenters. The molecule has 12 heteroatoms. The van der Waals surface area contributed by atoms with Crippen LogP contribution in [0.4, 0.5) is 4.79 Å². The number of amides is 1. The van der Waals surface area contributed by atoms with E-state index in [9.17, 15) is 23.8 Å². The maximum Gasteiger partial charge on any atom is 0.438 e. The first-order chi connectivity index (χ1) is 17.6. The minimum Gasteiger partial charge on any atom is -0.449 e. The minimum atomic E-state index is -4.66. The number of para-hydroxylation sites is 1. The number of benzene rings is 1. The Morgan fingerprint density at radius 1 is 1.16 bits per heavy atom. The number of rotatable bonds is 11. The first-order valence-electron chi connectivity index (χ1n) is 12.6. The predicted octanol–water partition coefficient (Wildman–Crippen LogP) is 4.66. The van der Waals surface area contributed by atoms with Gasteiger partial charge in [-0.2, -0.15) is 0 Å². The van der Waals surface area contributed by atoms with Crippen LogP contribution in [-0.2, 0) is 34.7 Å². The molecular formula is C26H40N3O8P. The number of aromatic nitrogens is 1. The van der Waals surface area contributed by atoms with Crippen LogP contribution >= 0.6 is 7.75 Å². The Kier molecular flexibility index (Phi) is 10.7. The molecule has 2 N–H and O–H groups in total. The lowest BCUT2D eigenvalue weighted by Crippen LogP contribution is -2.50. The van der Waals surface area contributed by atoms with Crippen molar-refractivity contribution in [2.45, 2.75) is 73.4 Å². The zero-order valence-electron chi connectivity index (χ0n) is 23.4. The van der Waals surface area contributed by atoms with Crippen molar-refractivity contribution >= 4 is 36.6 Å². The molecular weight excluding hydrogens is 513 g/mol. The molecule has 2 rings (SSSR count). The zero-order valence-corrected chi connectivity index (χ0v) is 24.3. The molecule has 0 saturated heterocycles. The highest BCUT2D eigenvalue weighted by atomic mass is 31.2. The monoisotopic (exact) mass is 553 g/mol. The van der Waals surface area contributed by atoms with E-state index < -0.39 is 43.2 Å². The summed E-state index contributed by atoms with van der Waals surface area (Å²) in [5, 5.41) is 3.70. The number of carbonyl (C=O) groups excluding carboxylic acids is 3. The summed E-state index contributed by atoms with van der Waals surface area (Å²) in [7, 11) is -3.65. The molecule has 212 valence electrons. The molecule has 0 fully saturated rings. The average Bonchev–Trinajstić information content (AvgIpc) is 3.18. The van der Waals surface area contributed by atoms with Gasteiger partial charge in [0.25, 0.3) is 0 Å². The van der Waals surface area contributed by atoms with E-state index in [1.54, 1.807) is 40.8 Å². The summed E-state index contributed by atoms with van der Waals surface area (Å²) in [6.45, 7) is 12.2. The van der Waals surface area contributed by atoms with Crippen LogP contribution in [0.25, 0.3) is 10.9 Å². The van der Waals surface area contributed by atoms with Crippen molar-refractivity contribution in [2.24, 2.45) is 11.3 Å². The van der Waals surface area contributed by atoms with Crippen LogP contribution in [0.3, 0.4) is 0 Å². The molecule has 1 amide bonds. The van der Waals surface area contributed by atoms with Gasteiger partial charge in [-0.1, -0.05) is 32.0 Å². The average molecular weight is 554 g/mol. The van der Waals surface area contributed by atoms with Crippen LogP contribution in [0.5, 0.6) is 0 Å². The van der Waals surface area contributed by atoms with Crippen LogP contribution in [0.1, 0.15) is 60.5 Å². The smallest absolute Gasteiger partial charge is 0.438 e. The summed E-state index contributed by atoms with van der Waals surface area (Å²) in [6, 6.07) is 5.63. The minimum absolute atomic E-state index is 0.0868. The van der Waals surface area contributed by atoms with Crippen molar-refractivity contribution in [2.75, 3.05) is 13.7 Å². The summed E-state index contributed by atoms with van der Waals surface area (Å²) in [6.07, 6.45) is 1.65. The summed E-state index contributed by atoms with van der Waals surface area (Å²) >= 11 is 0. The Morgan fingerprint density at radius 3 is 2.34 bits per heavy atom. The normalized spacial score (nSPS) is 15.2. The molecule has 0 saturated carbocycles. The molecule has 0 aliphatic heterocycles. The Hall–Kier alpha value is -2.72. The lowest BCUT2D eigenvalue weighted by atomic mass is 9.98. The maximum atomic E-state index is 13.5. The van der Waals surface area contributed by atoms with Crippen molar-refractivity contribution in [1.29, 1.82) is 0 Å². The fraction of sp³-hybridized carbons (Fsp3) is 0.577. The second-order valence-corrected chi connectivity index (χ2v) is 12.3. The topological polar surface area (TPSA) is 136 Å². The lowest BCUT2D eigenvalue weighted by molar-refractivity contribution is -0.192. The van der Waals surface area contributed by atoms with Crippen LogP contribution in [-0.4, -0.2) is 58.1 Å². The number of nitrogens with zero attached hydrogens (tertiary/aromatic N) is 2. The first kappa shape index (κ1) is 31.5. The summed E-state index contributed by atoms with van der Waals surface area (Å²) < 4.78 is 24.2. The van der Waals surface area contributed by atoms with Gasteiger partial charge in [0, 0.05) is 24.7 Å². The third kappa shape index (κ3) is 7.89. The van der Waals surface area contributed by atoms with Crippen molar-refractivity contribution in [3.05, 3.63) is 36.0 Å². The van der Waals surface area contributed by atoms with E-state index in [1.165, 1.54) is 4.57 Å². The van der Waals surface area contributed by atoms with Crippen molar-refractivity contribution < 1.29 is 37.9 Å². The largest absolute Gasteiger partial charge is 0.449 e. The molecule has 0 spiro atoms. The number of hydrogen-bond donors (Lipinski definition) is 2. The number of ether oxygens (including phenoxy) is 1. The third-order valence-corrected chi connectivity index (χ3v) is 7.05. The molecule has 3 atom stereocenters. The molecule has 38 heavy (non-hydrogen) atoms. The second-order valence-electron chi connectivity index (χ2n) is 10.6. The lowest BCUT2D eigenvalue weighted by Gasteiger charge is -2.33. The summed E-state index contributed by atoms with van der Waals surface area (Å²) in [5.74, 6) is -1.48. The van der Waals surface area contributed by atoms with Gasteiger partial charge in [-0.15, -0.1) is 0 Å². The molecule has 11 nitrogen and oxygen atoms in total. The molecule has 1 aromatic carbocycles. The Balaban J connectivity index is 2.34. The number of carbonyl (C=O) groups is 3. The fourth-order valence-corrected chi connectivity index (χ4v) is 4.70. The fourth-order valence-electron chi connectivity index (χ4n) is 3.81. The molecule has 0 aliphatic rings. The van der Waals surface area contributed by atoms with Gasteiger partial charge in [-0.3, -0.25) is 13.9 Å². The van der Waals surface area contributed by atoms with E-state index in [1.807, 2.05) is 38.1 Å². The van der Waals surface area contributed by atoms with Gasteiger partial charge >= 0.3 is 19.8 Å². The highest BCUT2D eigenvalue weighted by molar-refractivity contribution is 7.50. The van der Waals surface area contributed by atoms with Crippen molar-refractivity contribution in [3.8, 4) is 0 Å². The third-order valence-electron chi connectivity index (χ3n) is 5.71. The second kappa shape index (κ2) is 12.9. The quantitative estimate of drug-likeness (QED) is 0.301. The van der Waals surface area contributed by atoms with Gasteiger partial charge in [-0.25, -0.2) is 14.2 Å². The van der Waals surface area contributed by atoms with Crippen LogP contribution in [0.15, 0.2) is 30.5 Å². The highest BCUT2D eigenvalue weighted by Crippen LogP contribution is 2.48. The van der Waals surface area contributed by atoms with Gasteiger partial charge in [0.1, 0.15) is 6.04 Å². The standard InChI is InChI=1S/C26H40N3O8P/c1-9-36-25(32)28-16-19(20-12-10-11-13-21(20)28)15-18(4)27-23(30)22(14-17(2)3)29(38(33,34)35-8)37-24(31)26(5,6)7/h10-13,16-18,22H,9,14-15H2,1-8H3,(H,27,30)(H,33,34)/t18-,22+/m1/s1. The van der Waals surface area contributed by atoms with Crippen LogP contribution < -0.4 is 5.32 Å². The number of hydroxylamine groups is 1. The highest BCUT2D eigenvalue weighted by Gasteiger charge is 2.44. The maximum absolute atomic E-state index is 13.5. The molecule has 1 heterocycles. The van der Waals surface area contributed by atoms with E-state index in [0.29, 0.717) is 16.8 Å². The predicted molar refractivity (Wildman–Crippen MR) is 143 cm³/mol. The van der Waals surface area contributed by atoms with Crippen LogP contribution in [0.2, 0.25) is 0 Å². The molecule has 0 aliphatic carbocycles. The van der Waals surface area contributed by atoms with E-state index >= 15 is 0 Å². The summed E-state index contributed by atoms with van der Waals surface area (Å²) in [4.78, 5) is 54.8. The van der Waals surface area contributed by atoms with Gasteiger partial charge in [0.05, 0.1) is 17.5 Å². The van der Waals surface area contributed by atoms with Crippen LogP contribution in [0, 0.1) is 11.3 Å². The van der Waals surface area contributed by atoms with Crippen molar-refractivity contribution in [3.63, 3.8) is 0 Å². The van der Waals surface area contributed by atoms with Gasteiger partial charge in [0.2, 0.25) is 5.91 Å². The van der Waals surface area contributed by atoms with Gasteiger partial charge in [0.15, 0.2) is 0 Å². The summed E-state index contributed by atoms with van der Waals surface area (Å²) in [5.41, 5.74) is 0.493. The number of fused-ring (bicyclic) bond motifs is 1. The Labute approximate surface area is 224 Å². The SMILES string of the molecule is CCOC(=O)n1cc(C[C@@H](C)NC(=O)[C@H](CC(C)C)N(OC(=O)C(C)(C)C)P(=O)(O)OC)c2ccccc21. The number of hydrogen-bond acceptors (Lipinski definition) is 7. The van der Waals surface area contributed by atoms with Crippen molar-refractivity contribution in [1.82, 2.24) is 14.7 Å². The van der Waals surface area contributed by atoms with Gasteiger partial charge in [-0.05, 0) is 69.8 Å².